The van der Waals surface area contributed by atoms with Gasteiger partial charge in [-0.3, -0.25) is 19.1 Å². The first-order chi connectivity index (χ1) is 12.4. The second kappa shape index (κ2) is 7.24. The molecule has 3 N–H and O–H groups in total. The van der Waals surface area contributed by atoms with Crippen molar-refractivity contribution in [2.45, 2.75) is 37.9 Å². The summed E-state index contributed by atoms with van der Waals surface area (Å²) < 4.78 is 11.6. The van der Waals surface area contributed by atoms with Crippen LogP contribution in [-0.2, 0) is 9.53 Å². The van der Waals surface area contributed by atoms with Gasteiger partial charge in [0.05, 0.1) is 12.5 Å². The summed E-state index contributed by atoms with van der Waals surface area (Å²) in [6, 6.07) is 8.38. The van der Waals surface area contributed by atoms with Crippen molar-refractivity contribution in [1.82, 2.24) is 9.55 Å². The number of rotatable bonds is 4. The van der Waals surface area contributed by atoms with Gasteiger partial charge < -0.3 is 19.7 Å². The molecule has 4 atom stereocenters. The number of H-pyrrole nitrogens is 1. The van der Waals surface area contributed by atoms with Gasteiger partial charge in [0.2, 0.25) is 0 Å². The minimum absolute atomic E-state index is 0.238. The summed E-state index contributed by atoms with van der Waals surface area (Å²) in [7, 11) is 0. The number of aromatic amines is 1. The van der Waals surface area contributed by atoms with Crippen LogP contribution in [0.2, 0.25) is 0 Å². The Hall–Kier alpha value is -2.75. The summed E-state index contributed by atoms with van der Waals surface area (Å²) in [6.07, 6.45) is -4.24. The Bertz CT molecular complexity index is 905. The summed E-state index contributed by atoms with van der Waals surface area (Å²) in [5, 5.41) is 20.3. The number of carbonyl (C=O) groups is 1. The third kappa shape index (κ3) is 3.59. The molecule has 0 aliphatic carbocycles. The average molecular weight is 362 g/mol. The highest BCUT2D eigenvalue weighted by Crippen LogP contribution is 2.30. The van der Waals surface area contributed by atoms with Crippen molar-refractivity contribution in [2.24, 2.45) is 0 Å². The van der Waals surface area contributed by atoms with E-state index in [0.29, 0.717) is 5.75 Å². The van der Waals surface area contributed by atoms with E-state index in [-0.39, 0.29) is 12.0 Å². The molecule has 0 bridgehead atoms. The lowest BCUT2D eigenvalue weighted by Gasteiger charge is -2.17. The molecule has 2 aromatic rings. The van der Waals surface area contributed by atoms with Gasteiger partial charge in [-0.2, -0.15) is 0 Å². The molecule has 1 saturated heterocycles. The molecule has 9 heteroatoms. The highest BCUT2D eigenvalue weighted by molar-refractivity contribution is 5.73. The van der Waals surface area contributed by atoms with Crippen LogP contribution in [0.1, 0.15) is 18.2 Å². The number of aliphatic hydroxyl groups is 2. The molecular weight excluding hydrogens is 344 g/mol. The lowest BCUT2D eigenvalue weighted by atomic mass is 10.1. The molecule has 26 heavy (non-hydrogen) atoms. The third-order valence-electron chi connectivity index (χ3n) is 4.10. The number of nitrogens with zero attached hydrogens (tertiary/aromatic N) is 1. The maximum Gasteiger partial charge on any atom is 0.330 e. The zero-order valence-electron chi connectivity index (χ0n) is 13.9. The lowest BCUT2D eigenvalue weighted by Crippen LogP contribution is -2.38. The number of esters is 1. The number of aliphatic hydroxyl groups excluding tert-OH is 2. The largest absolute Gasteiger partial charge is 0.426 e. The smallest absolute Gasteiger partial charge is 0.330 e. The number of hydrogen-bond donors (Lipinski definition) is 3. The highest BCUT2D eigenvalue weighted by Gasteiger charge is 2.45. The van der Waals surface area contributed by atoms with E-state index in [1.54, 1.807) is 30.3 Å². The van der Waals surface area contributed by atoms with Crippen molar-refractivity contribution >= 4 is 5.97 Å². The van der Waals surface area contributed by atoms with Crippen LogP contribution in [0.5, 0.6) is 5.75 Å². The van der Waals surface area contributed by atoms with Crippen molar-refractivity contribution < 1.29 is 24.5 Å². The molecule has 0 radical (unpaired) electrons. The van der Waals surface area contributed by atoms with Crippen molar-refractivity contribution in [3.05, 3.63) is 62.9 Å². The number of aryl methyl sites for hydroxylation is 1. The quantitative estimate of drug-likeness (QED) is 0.492. The minimum Gasteiger partial charge on any atom is -0.426 e. The fourth-order valence-electron chi connectivity index (χ4n) is 2.73. The number of aromatic nitrogens is 2. The Balaban J connectivity index is 1.74. The van der Waals surface area contributed by atoms with Gasteiger partial charge in [0.1, 0.15) is 18.0 Å². The molecule has 0 unspecified atom stereocenters. The number of carbonyl (C=O) groups excluding carboxylic acids is 1. The molecule has 1 fully saturated rings. The van der Waals surface area contributed by atoms with E-state index in [4.69, 9.17) is 9.47 Å². The molecule has 138 valence electrons. The molecule has 1 aromatic carbocycles. The van der Waals surface area contributed by atoms with E-state index in [1.807, 2.05) is 0 Å². The van der Waals surface area contributed by atoms with Gasteiger partial charge in [0.15, 0.2) is 6.23 Å². The maximum absolute atomic E-state index is 12.0. The van der Waals surface area contributed by atoms with E-state index in [0.717, 1.165) is 4.57 Å². The van der Waals surface area contributed by atoms with E-state index in [9.17, 15) is 24.6 Å². The first-order valence-corrected chi connectivity index (χ1v) is 7.96. The number of para-hydroxylation sites is 1. The third-order valence-corrected chi connectivity index (χ3v) is 4.10. The highest BCUT2D eigenvalue weighted by atomic mass is 16.6. The summed E-state index contributed by atoms with van der Waals surface area (Å²) in [5.74, 6) is -0.312. The molecule has 9 nitrogen and oxygen atoms in total. The molecule has 0 amide bonds. The van der Waals surface area contributed by atoms with Crippen LogP contribution >= 0.6 is 0 Å². The van der Waals surface area contributed by atoms with Gasteiger partial charge in [-0.1, -0.05) is 18.2 Å². The van der Waals surface area contributed by atoms with E-state index in [2.05, 4.69) is 4.98 Å². The number of nitrogens with one attached hydrogen (secondary N) is 1. The maximum atomic E-state index is 12.0. The predicted octanol–water partition coefficient (Wildman–Crippen LogP) is -0.540. The summed E-state index contributed by atoms with van der Waals surface area (Å²) in [5.41, 5.74) is -1.10. The van der Waals surface area contributed by atoms with Gasteiger partial charge >= 0.3 is 11.7 Å². The Labute approximate surface area is 147 Å². The van der Waals surface area contributed by atoms with Crippen molar-refractivity contribution in [1.29, 1.82) is 0 Å². The van der Waals surface area contributed by atoms with Crippen LogP contribution in [0, 0.1) is 6.92 Å². The molecule has 0 saturated carbocycles. The number of ether oxygens (including phenoxy) is 2. The Morgan fingerprint density at radius 2 is 1.92 bits per heavy atom. The zero-order chi connectivity index (χ0) is 18.8. The van der Waals surface area contributed by atoms with Crippen molar-refractivity contribution in [3.8, 4) is 5.75 Å². The second-order valence-corrected chi connectivity index (χ2v) is 6.02. The first kappa shape index (κ1) is 18.1. The van der Waals surface area contributed by atoms with Gasteiger partial charge in [-0.15, -0.1) is 0 Å². The van der Waals surface area contributed by atoms with E-state index in [1.165, 1.54) is 13.1 Å². The van der Waals surface area contributed by atoms with Crippen molar-refractivity contribution in [3.63, 3.8) is 0 Å². The molecule has 1 aliphatic heterocycles. The lowest BCUT2D eigenvalue weighted by molar-refractivity contribution is -0.139. The Morgan fingerprint density at radius 1 is 1.23 bits per heavy atom. The standard InChI is InChI=1S/C17H18N2O7/c1-9-8-19(17(24)18-15(9)23)16-14(22)13(21)11(26-16)7-12(20)25-10-5-3-2-4-6-10/h2-6,8,11,13-14,16,21-22H,7H2,1H3,(H,18,23,24)/t11-,13+,14-,16-/m0/s1. The summed E-state index contributed by atoms with van der Waals surface area (Å²) in [4.78, 5) is 37.5. The monoisotopic (exact) mass is 362 g/mol. The fourth-order valence-corrected chi connectivity index (χ4v) is 2.73. The molecule has 1 aromatic heterocycles. The van der Waals surface area contributed by atoms with Crippen LogP contribution in [-0.4, -0.2) is 44.0 Å². The van der Waals surface area contributed by atoms with Crippen LogP contribution in [0.25, 0.3) is 0 Å². The summed E-state index contributed by atoms with van der Waals surface area (Å²) in [6.45, 7) is 1.49. The van der Waals surface area contributed by atoms with Crippen LogP contribution < -0.4 is 16.0 Å². The van der Waals surface area contributed by atoms with E-state index >= 15 is 0 Å². The van der Waals surface area contributed by atoms with Crippen molar-refractivity contribution in [2.75, 3.05) is 0 Å². The molecular formula is C17H18N2O7. The van der Waals surface area contributed by atoms with Gasteiger partial charge in [-0.05, 0) is 19.1 Å². The topological polar surface area (TPSA) is 131 Å². The fraction of sp³-hybridized carbons (Fsp3) is 0.353. The van der Waals surface area contributed by atoms with Crippen LogP contribution in [0.15, 0.2) is 46.1 Å². The number of benzene rings is 1. The second-order valence-electron chi connectivity index (χ2n) is 6.02. The van der Waals surface area contributed by atoms with Crippen LogP contribution in [0.3, 0.4) is 0 Å². The first-order valence-electron chi connectivity index (χ1n) is 7.96. The van der Waals surface area contributed by atoms with Gasteiger partial charge in [-0.25, -0.2) is 4.79 Å². The predicted molar refractivity (Wildman–Crippen MR) is 88.7 cm³/mol. The Morgan fingerprint density at radius 3 is 2.62 bits per heavy atom. The minimum atomic E-state index is -1.45. The molecule has 1 aliphatic rings. The summed E-state index contributed by atoms with van der Waals surface area (Å²) >= 11 is 0. The molecule has 2 heterocycles. The SMILES string of the molecule is Cc1cn([C@H]2O[C@@H](CC(=O)Oc3ccccc3)[C@@H](O)[C@@H]2O)c(=O)[nH]c1=O. The number of hydrogen-bond acceptors (Lipinski definition) is 7. The van der Waals surface area contributed by atoms with Gasteiger partial charge in [0, 0.05) is 11.8 Å². The van der Waals surface area contributed by atoms with Crippen LogP contribution in [0.4, 0.5) is 0 Å². The Kier molecular flexibility index (Phi) is 5.03. The zero-order valence-corrected chi connectivity index (χ0v) is 13.9. The van der Waals surface area contributed by atoms with E-state index < -0.39 is 41.8 Å². The van der Waals surface area contributed by atoms with Gasteiger partial charge in [0.25, 0.3) is 5.56 Å². The average Bonchev–Trinajstić information content (AvgIpc) is 2.87. The molecule has 0 spiro atoms. The molecule has 3 rings (SSSR count). The normalized spacial score (nSPS) is 25.2.